The van der Waals surface area contributed by atoms with Gasteiger partial charge < -0.3 is 19.1 Å². The minimum atomic E-state index is 0.0307. The van der Waals surface area contributed by atoms with E-state index in [0.29, 0.717) is 25.8 Å². The summed E-state index contributed by atoms with van der Waals surface area (Å²) in [5, 5.41) is 0. The third-order valence-electron chi connectivity index (χ3n) is 4.77. The zero-order valence-electron chi connectivity index (χ0n) is 15.4. The molecule has 2 aromatic rings. The van der Waals surface area contributed by atoms with Crippen LogP contribution in [-0.4, -0.2) is 37.2 Å². The van der Waals surface area contributed by atoms with Crippen molar-refractivity contribution in [3.05, 3.63) is 59.7 Å². The summed E-state index contributed by atoms with van der Waals surface area (Å²) in [5.74, 6) is 2.33. The molecule has 1 heterocycles. The molecule has 1 amide bonds. The largest absolute Gasteiger partial charge is 0.497 e. The first kappa shape index (κ1) is 17.5. The third-order valence-corrected chi connectivity index (χ3v) is 4.77. The molecule has 140 valence electrons. The molecule has 5 nitrogen and oxygen atoms in total. The first-order valence-electron chi connectivity index (χ1n) is 9.24. The van der Waals surface area contributed by atoms with Gasteiger partial charge in [0, 0.05) is 18.7 Å². The molecule has 0 spiro atoms. The molecule has 0 unspecified atom stereocenters. The highest BCUT2D eigenvalue weighted by molar-refractivity contribution is 5.92. The van der Waals surface area contributed by atoms with Crippen LogP contribution >= 0.6 is 0 Å². The van der Waals surface area contributed by atoms with Crippen LogP contribution in [0.2, 0.25) is 0 Å². The molecular formula is C22H23NO4. The van der Waals surface area contributed by atoms with Gasteiger partial charge in [0.1, 0.15) is 19.0 Å². The van der Waals surface area contributed by atoms with Gasteiger partial charge in [-0.1, -0.05) is 18.2 Å². The average molecular weight is 365 g/mol. The van der Waals surface area contributed by atoms with E-state index >= 15 is 0 Å². The molecule has 1 aliphatic carbocycles. The maximum absolute atomic E-state index is 12.8. The Kier molecular flexibility index (Phi) is 5.01. The molecule has 4 rings (SSSR count). The number of fused-ring (bicyclic) bond motifs is 1. The Hall–Kier alpha value is -2.95. The minimum Gasteiger partial charge on any atom is -0.497 e. The lowest BCUT2D eigenvalue weighted by atomic mass is 10.1. The fourth-order valence-electron chi connectivity index (χ4n) is 3.13. The van der Waals surface area contributed by atoms with E-state index in [1.165, 1.54) is 0 Å². The van der Waals surface area contributed by atoms with E-state index < -0.39 is 0 Å². The molecule has 0 atom stereocenters. The van der Waals surface area contributed by atoms with Crippen LogP contribution in [0.1, 0.15) is 24.0 Å². The molecule has 0 radical (unpaired) electrons. The molecule has 0 N–H and O–H groups in total. The first-order chi connectivity index (χ1) is 13.2. The summed E-state index contributed by atoms with van der Waals surface area (Å²) in [5.41, 5.74) is 2.02. The van der Waals surface area contributed by atoms with Gasteiger partial charge in [-0.05, 0) is 54.3 Å². The Bertz CT molecular complexity index is 840. The van der Waals surface area contributed by atoms with Crippen molar-refractivity contribution >= 4 is 12.0 Å². The third kappa shape index (κ3) is 4.25. The summed E-state index contributed by atoms with van der Waals surface area (Å²) in [7, 11) is 1.65. The number of ether oxygens (including phenoxy) is 3. The summed E-state index contributed by atoms with van der Waals surface area (Å²) in [4.78, 5) is 14.7. The van der Waals surface area contributed by atoms with E-state index in [4.69, 9.17) is 14.2 Å². The second kappa shape index (κ2) is 7.74. The fraction of sp³-hybridized carbons (Fsp3) is 0.318. The van der Waals surface area contributed by atoms with Gasteiger partial charge in [0.25, 0.3) is 0 Å². The molecule has 1 saturated carbocycles. The molecule has 0 bridgehead atoms. The minimum absolute atomic E-state index is 0.0307. The van der Waals surface area contributed by atoms with Crippen molar-refractivity contribution in [1.82, 2.24) is 4.90 Å². The topological polar surface area (TPSA) is 48.0 Å². The number of benzene rings is 2. The number of carbonyl (C=O) groups excluding carboxylic acids is 1. The van der Waals surface area contributed by atoms with Crippen molar-refractivity contribution in [3.63, 3.8) is 0 Å². The van der Waals surface area contributed by atoms with Gasteiger partial charge in [0.2, 0.25) is 5.91 Å². The zero-order chi connectivity index (χ0) is 18.6. The Labute approximate surface area is 159 Å². The van der Waals surface area contributed by atoms with Crippen molar-refractivity contribution in [2.45, 2.75) is 25.4 Å². The van der Waals surface area contributed by atoms with Crippen molar-refractivity contribution in [3.8, 4) is 17.2 Å². The number of carbonyl (C=O) groups is 1. The van der Waals surface area contributed by atoms with Crippen LogP contribution in [0.3, 0.4) is 0 Å². The summed E-state index contributed by atoms with van der Waals surface area (Å²) in [6.07, 6.45) is 5.62. The van der Waals surface area contributed by atoms with Crippen molar-refractivity contribution in [2.75, 3.05) is 20.3 Å². The maximum atomic E-state index is 12.8. The predicted molar refractivity (Wildman–Crippen MR) is 103 cm³/mol. The molecule has 2 aliphatic rings. The van der Waals surface area contributed by atoms with Gasteiger partial charge in [-0.25, -0.2) is 0 Å². The second-order valence-corrected chi connectivity index (χ2v) is 6.78. The highest BCUT2D eigenvalue weighted by atomic mass is 16.6. The van der Waals surface area contributed by atoms with Crippen LogP contribution < -0.4 is 14.2 Å². The predicted octanol–water partition coefficient (Wildman–Crippen LogP) is 3.67. The van der Waals surface area contributed by atoms with E-state index in [-0.39, 0.29) is 5.91 Å². The number of hydrogen-bond acceptors (Lipinski definition) is 4. The summed E-state index contributed by atoms with van der Waals surface area (Å²) >= 11 is 0. The van der Waals surface area contributed by atoms with Gasteiger partial charge in [-0.2, -0.15) is 0 Å². The Balaban J connectivity index is 1.45. The van der Waals surface area contributed by atoms with Crippen LogP contribution in [0.15, 0.2) is 48.5 Å². The standard InChI is InChI=1S/C22H23NO4/c1-25-19-8-2-17(3-9-19)15-23(18-6-7-18)22(24)11-5-16-4-10-20-21(14-16)27-13-12-26-20/h2-5,8-11,14,18H,6-7,12-13,15H2,1H3/b11-5+. The van der Waals surface area contributed by atoms with Crippen molar-refractivity contribution in [2.24, 2.45) is 0 Å². The average Bonchev–Trinajstić information content (AvgIpc) is 3.55. The highest BCUT2D eigenvalue weighted by Crippen LogP contribution is 2.32. The van der Waals surface area contributed by atoms with E-state index in [2.05, 4.69) is 0 Å². The lowest BCUT2D eigenvalue weighted by molar-refractivity contribution is -0.127. The smallest absolute Gasteiger partial charge is 0.247 e. The molecule has 27 heavy (non-hydrogen) atoms. The fourth-order valence-corrected chi connectivity index (χ4v) is 3.13. The quantitative estimate of drug-likeness (QED) is 0.733. The van der Waals surface area contributed by atoms with Gasteiger partial charge >= 0.3 is 0 Å². The lowest BCUT2D eigenvalue weighted by Gasteiger charge is -2.21. The van der Waals surface area contributed by atoms with Crippen LogP contribution in [0.5, 0.6) is 17.2 Å². The zero-order valence-corrected chi connectivity index (χ0v) is 15.4. The molecule has 1 aliphatic heterocycles. The SMILES string of the molecule is COc1ccc(CN(C(=O)/C=C/c2ccc3c(c2)OCCO3)C2CC2)cc1. The molecule has 0 saturated heterocycles. The van der Waals surface area contributed by atoms with Crippen LogP contribution in [-0.2, 0) is 11.3 Å². The van der Waals surface area contributed by atoms with Gasteiger partial charge in [0.05, 0.1) is 7.11 Å². The molecule has 2 aromatic carbocycles. The lowest BCUT2D eigenvalue weighted by Crippen LogP contribution is -2.31. The molecular weight excluding hydrogens is 342 g/mol. The number of hydrogen-bond donors (Lipinski definition) is 0. The van der Waals surface area contributed by atoms with Crippen molar-refractivity contribution in [1.29, 1.82) is 0 Å². The number of rotatable bonds is 6. The summed E-state index contributed by atoms with van der Waals surface area (Å²) < 4.78 is 16.3. The van der Waals surface area contributed by atoms with Gasteiger partial charge in [0.15, 0.2) is 11.5 Å². The van der Waals surface area contributed by atoms with E-state index in [9.17, 15) is 4.79 Å². The second-order valence-electron chi connectivity index (χ2n) is 6.78. The maximum Gasteiger partial charge on any atom is 0.247 e. The normalized spacial score (nSPS) is 15.6. The Morgan fingerprint density at radius 3 is 2.56 bits per heavy atom. The Morgan fingerprint density at radius 1 is 1.11 bits per heavy atom. The van der Waals surface area contributed by atoms with E-state index in [0.717, 1.165) is 41.2 Å². The van der Waals surface area contributed by atoms with E-state index in [1.807, 2.05) is 53.4 Å². The van der Waals surface area contributed by atoms with Crippen LogP contribution in [0, 0.1) is 0 Å². The first-order valence-corrected chi connectivity index (χ1v) is 9.24. The number of methoxy groups -OCH3 is 1. The molecule has 5 heteroatoms. The van der Waals surface area contributed by atoms with Gasteiger partial charge in [-0.15, -0.1) is 0 Å². The Morgan fingerprint density at radius 2 is 1.85 bits per heavy atom. The van der Waals surface area contributed by atoms with Crippen LogP contribution in [0.4, 0.5) is 0 Å². The van der Waals surface area contributed by atoms with E-state index in [1.54, 1.807) is 13.2 Å². The summed E-state index contributed by atoms with van der Waals surface area (Å²) in [6, 6.07) is 13.9. The van der Waals surface area contributed by atoms with Gasteiger partial charge in [-0.3, -0.25) is 4.79 Å². The monoisotopic (exact) mass is 365 g/mol. The summed E-state index contributed by atoms with van der Waals surface area (Å²) in [6.45, 7) is 1.73. The van der Waals surface area contributed by atoms with Crippen LogP contribution in [0.25, 0.3) is 6.08 Å². The number of nitrogens with zero attached hydrogens (tertiary/aromatic N) is 1. The molecule has 1 fully saturated rings. The molecule has 0 aromatic heterocycles. The van der Waals surface area contributed by atoms with Crippen molar-refractivity contribution < 1.29 is 19.0 Å². The highest BCUT2D eigenvalue weighted by Gasteiger charge is 2.31. The number of amides is 1.